The second-order valence-electron chi connectivity index (χ2n) is 7.43. The fourth-order valence-corrected chi connectivity index (χ4v) is 3.80. The zero-order valence-corrected chi connectivity index (χ0v) is 19.6. The van der Waals surface area contributed by atoms with Crippen LogP contribution in [0, 0.1) is 17.5 Å². The number of thiocarbonyl (C=S) groups is 1. The lowest BCUT2D eigenvalue weighted by molar-refractivity contribution is 0.121. The lowest BCUT2D eigenvalue weighted by atomic mass is 10.0. The Hall–Kier alpha value is -2.65. The van der Waals surface area contributed by atoms with Gasteiger partial charge in [0.05, 0.1) is 11.9 Å². The van der Waals surface area contributed by atoms with Gasteiger partial charge < -0.3 is 10.6 Å². The zero-order chi connectivity index (χ0) is 23.8. The number of nitrogens with zero attached hydrogens (tertiary/aromatic N) is 3. The zero-order valence-electron chi connectivity index (χ0n) is 18.8. The number of halogens is 3. The van der Waals surface area contributed by atoms with Crippen LogP contribution in [0.5, 0.6) is 0 Å². The molecule has 32 heavy (non-hydrogen) atoms. The smallest absolute Gasteiger partial charge is 0.184 e. The highest BCUT2D eigenvalue weighted by molar-refractivity contribution is 7.80. The molecule has 2 aromatic carbocycles. The Balaban J connectivity index is 0.00000176. The number of hydrogen-bond donors (Lipinski definition) is 2. The number of nitrogens with one attached hydrogen (secondary N) is 1. The van der Waals surface area contributed by atoms with Crippen molar-refractivity contribution in [2.45, 2.75) is 46.3 Å². The van der Waals surface area contributed by atoms with E-state index >= 15 is 0 Å². The minimum absolute atomic E-state index is 0.0146. The predicted octanol–water partition coefficient (Wildman–Crippen LogP) is 4.40. The van der Waals surface area contributed by atoms with Gasteiger partial charge in [-0.2, -0.15) is 5.10 Å². The molecule has 3 rings (SSSR count). The van der Waals surface area contributed by atoms with Gasteiger partial charge in [-0.05, 0) is 38.2 Å². The first-order chi connectivity index (χ1) is 15.3. The van der Waals surface area contributed by atoms with E-state index in [1.165, 1.54) is 12.1 Å². The van der Waals surface area contributed by atoms with E-state index in [0.29, 0.717) is 25.2 Å². The van der Waals surface area contributed by atoms with Crippen molar-refractivity contribution in [3.63, 3.8) is 0 Å². The Labute approximate surface area is 193 Å². The highest BCUT2D eigenvalue weighted by Gasteiger charge is 2.31. The molecule has 0 radical (unpaired) electrons. The van der Waals surface area contributed by atoms with Crippen LogP contribution in [0.25, 0.3) is 0 Å². The number of hydrazone groups is 1. The first-order valence-corrected chi connectivity index (χ1v) is 11.0. The molecule has 0 aliphatic carbocycles. The molecule has 0 amide bonds. The average Bonchev–Trinajstić information content (AvgIpc) is 2.75. The molecule has 1 heterocycles. The topological polar surface area (TPSA) is 56.9 Å². The third-order valence-electron chi connectivity index (χ3n) is 5.20. The Kier molecular flexibility index (Phi) is 9.46. The number of anilines is 1. The average molecular weight is 466 g/mol. The van der Waals surface area contributed by atoms with Crippen molar-refractivity contribution < 1.29 is 13.2 Å². The van der Waals surface area contributed by atoms with Gasteiger partial charge in [0.2, 0.25) is 0 Å². The van der Waals surface area contributed by atoms with Crippen molar-refractivity contribution in [1.29, 1.82) is 0 Å². The van der Waals surface area contributed by atoms with E-state index in [9.17, 15) is 13.2 Å². The summed E-state index contributed by atoms with van der Waals surface area (Å²) >= 11 is 4.61. The highest BCUT2D eigenvalue weighted by atomic mass is 32.1. The van der Waals surface area contributed by atoms with Gasteiger partial charge in [-0.1, -0.05) is 32.0 Å². The molecule has 0 aromatic heterocycles. The number of benzene rings is 2. The van der Waals surface area contributed by atoms with Gasteiger partial charge in [-0.3, -0.25) is 10.3 Å². The molecule has 0 bridgehead atoms. The molecular formula is C23H30F3N5S. The van der Waals surface area contributed by atoms with Crippen LogP contribution >= 0.6 is 12.2 Å². The van der Waals surface area contributed by atoms with Gasteiger partial charge in [0, 0.05) is 48.9 Å². The van der Waals surface area contributed by atoms with Crippen LogP contribution < -0.4 is 16.1 Å². The molecule has 0 unspecified atom stereocenters. The number of rotatable bonds is 5. The van der Waals surface area contributed by atoms with Crippen molar-refractivity contribution in [3.8, 4) is 0 Å². The molecule has 9 heteroatoms. The molecule has 174 valence electrons. The SMILES string of the molecule is CC.C[C@@H]1CN(c2cc(F)c(/C=N/NC(N)=S)cc2F)C[C@H](C)N1Cc1ccccc1F. The van der Waals surface area contributed by atoms with Gasteiger partial charge >= 0.3 is 0 Å². The molecule has 1 aliphatic heterocycles. The van der Waals surface area contributed by atoms with Crippen molar-refractivity contribution in [3.05, 3.63) is 65.0 Å². The minimum atomic E-state index is -0.603. The number of hydrogen-bond acceptors (Lipinski definition) is 4. The molecule has 1 aliphatic rings. The van der Waals surface area contributed by atoms with E-state index in [0.717, 1.165) is 12.3 Å². The molecule has 3 N–H and O–H groups in total. The lowest BCUT2D eigenvalue weighted by Crippen LogP contribution is -2.56. The second kappa shape index (κ2) is 11.8. The third-order valence-corrected chi connectivity index (χ3v) is 5.29. The Morgan fingerprint density at radius 1 is 1.09 bits per heavy atom. The molecular weight excluding hydrogens is 435 g/mol. The van der Waals surface area contributed by atoms with Gasteiger partial charge in [-0.15, -0.1) is 0 Å². The van der Waals surface area contributed by atoms with Crippen molar-refractivity contribution in [2.75, 3.05) is 18.0 Å². The minimum Gasteiger partial charge on any atom is -0.375 e. The number of nitrogens with two attached hydrogens (primary N) is 1. The normalized spacial score (nSPS) is 18.9. The quantitative estimate of drug-likeness (QED) is 0.390. The van der Waals surface area contributed by atoms with Gasteiger partial charge in [0.25, 0.3) is 0 Å². The summed E-state index contributed by atoms with van der Waals surface area (Å²) in [5.41, 5.74) is 8.35. The molecule has 0 saturated carbocycles. The van der Waals surface area contributed by atoms with E-state index in [1.807, 2.05) is 38.7 Å². The highest BCUT2D eigenvalue weighted by Crippen LogP contribution is 2.28. The van der Waals surface area contributed by atoms with Crippen LogP contribution in [-0.4, -0.2) is 41.4 Å². The first kappa shape index (κ1) is 25.6. The maximum atomic E-state index is 14.7. The van der Waals surface area contributed by atoms with Crippen LogP contribution in [0.4, 0.5) is 18.9 Å². The summed E-state index contributed by atoms with van der Waals surface area (Å²) in [5.74, 6) is -1.39. The first-order valence-electron chi connectivity index (χ1n) is 10.6. The van der Waals surface area contributed by atoms with E-state index in [-0.39, 0.29) is 34.3 Å². The van der Waals surface area contributed by atoms with Crippen molar-refractivity contribution >= 4 is 29.2 Å². The summed E-state index contributed by atoms with van der Waals surface area (Å²) in [7, 11) is 0. The van der Waals surface area contributed by atoms with Crippen molar-refractivity contribution in [1.82, 2.24) is 10.3 Å². The summed E-state index contributed by atoms with van der Waals surface area (Å²) < 4.78 is 43.3. The fourth-order valence-electron chi connectivity index (χ4n) is 3.75. The standard InChI is InChI=1S/C21H24F3N5S.C2H6/c1-13-10-28(11-14(2)29(13)12-15-5-3-4-6-17(15)22)20-8-18(23)16(7-19(20)24)9-26-27-21(25)30;1-2/h3-9,13-14H,10-12H2,1-2H3,(H3,25,27,30);1-2H3/b26-9+;/t13-,14+;. The molecule has 5 nitrogen and oxygen atoms in total. The molecule has 2 aromatic rings. The molecule has 1 saturated heterocycles. The maximum Gasteiger partial charge on any atom is 0.184 e. The third kappa shape index (κ3) is 6.43. The van der Waals surface area contributed by atoms with E-state index in [1.54, 1.807) is 12.1 Å². The lowest BCUT2D eigenvalue weighted by Gasteiger charge is -2.45. The summed E-state index contributed by atoms with van der Waals surface area (Å²) in [6.45, 7) is 9.45. The largest absolute Gasteiger partial charge is 0.375 e. The van der Waals surface area contributed by atoms with Crippen molar-refractivity contribution in [2.24, 2.45) is 10.8 Å². The number of piperazine rings is 1. The Morgan fingerprint density at radius 2 is 1.72 bits per heavy atom. The fraction of sp³-hybridized carbons (Fsp3) is 0.391. The summed E-state index contributed by atoms with van der Waals surface area (Å²) in [5, 5.41) is 3.60. The second-order valence-corrected chi connectivity index (χ2v) is 7.87. The predicted molar refractivity (Wildman–Crippen MR) is 128 cm³/mol. The molecule has 0 spiro atoms. The van der Waals surface area contributed by atoms with Crippen LogP contribution in [-0.2, 0) is 6.54 Å². The van der Waals surface area contributed by atoms with Crippen LogP contribution in [0.15, 0.2) is 41.5 Å². The Bertz CT molecular complexity index is 941. The van der Waals surface area contributed by atoms with Gasteiger partial charge in [-0.25, -0.2) is 13.2 Å². The summed E-state index contributed by atoms with van der Waals surface area (Å²) in [6.07, 6.45) is 1.12. The van der Waals surface area contributed by atoms with E-state index in [2.05, 4.69) is 27.6 Å². The summed E-state index contributed by atoms with van der Waals surface area (Å²) in [6, 6.07) is 8.99. The van der Waals surface area contributed by atoms with Crippen LogP contribution in [0.1, 0.15) is 38.8 Å². The van der Waals surface area contributed by atoms with E-state index < -0.39 is 11.6 Å². The van der Waals surface area contributed by atoms with Gasteiger partial charge in [0.15, 0.2) is 5.11 Å². The van der Waals surface area contributed by atoms with Gasteiger partial charge in [0.1, 0.15) is 17.5 Å². The monoisotopic (exact) mass is 465 g/mol. The molecule has 2 atom stereocenters. The maximum absolute atomic E-state index is 14.7. The summed E-state index contributed by atoms with van der Waals surface area (Å²) in [4.78, 5) is 3.99. The van der Waals surface area contributed by atoms with Crippen LogP contribution in [0.2, 0.25) is 0 Å². The Morgan fingerprint density at radius 3 is 2.31 bits per heavy atom. The van der Waals surface area contributed by atoms with E-state index in [4.69, 9.17) is 5.73 Å². The molecule has 1 fully saturated rings. The van der Waals surface area contributed by atoms with Crippen LogP contribution in [0.3, 0.4) is 0 Å².